The molecule has 0 radical (unpaired) electrons. The lowest BCUT2D eigenvalue weighted by molar-refractivity contribution is 0.318. The van der Waals surface area contributed by atoms with Gasteiger partial charge in [0.2, 0.25) is 0 Å². The van der Waals surface area contributed by atoms with Gasteiger partial charge in [0.15, 0.2) is 11.3 Å². The predicted octanol–water partition coefficient (Wildman–Crippen LogP) is 3.77. The van der Waals surface area contributed by atoms with E-state index in [9.17, 15) is 13.2 Å². The number of rotatable bonds is 6. The standard InChI is InChI=1S/C20H23ClN4O4S/c1-3-10-29-16-9-8-14(30(21,27)28)11-15(16)18-23-20(26)17-12(2)22-19(25(17)24-18)13-6-4-5-7-13/h8-9,11,13H,3-7,10H2,1-2H3,(H,23,24,26). The summed E-state index contributed by atoms with van der Waals surface area (Å²) < 4.78 is 31.1. The number of hydrogen-bond acceptors (Lipinski definition) is 6. The van der Waals surface area contributed by atoms with Crippen molar-refractivity contribution in [2.75, 3.05) is 6.61 Å². The molecule has 10 heteroatoms. The highest BCUT2D eigenvalue weighted by molar-refractivity contribution is 8.13. The Morgan fingerprint density at radius 2 is 2.03 bits per heavy atom. The van der Waals surface area contributed by atoms with Gasteiger partial charge in [-0.25, -0.2) is 17.9 Å². The van der Waals surface area contributed by atoms with Gasteiger partial charge in [-0.15, -0.1) is 5.10 Å². The van der Waals surface area contributed by atoms with Crippen molar-refractivity contribution in [1.82, 2.24) is 19.6 Å². The Morgan fingerprint density at radius 1 is 1.30 bits per heavy atom. The van der Waals surface area contributed by atoms with Crippen LogP contribution in [0.5, 0.6) is 5.75 Å². The van der Waals surface area contributed by atoms with Crippen molar-refractivity contribution < 1.29 is 13.2 Å². The summed E-state index contributed by atoms with van der Waals surface area (Å²) in [5.41, 5.74) is 1.04. The molecule has 0 atom stereocenters. The first-order valence-electron chi connectivity index (χ1n) is 10.0. The first-order valence-corrected chi connectivity index (χ1v) is 12.3. The quantitative estimate of drug-likeness (QED) is 0.573. The maximum atomic E-state index is 12.9. The van der Waals surface area contributed by atoms with Gasteiger partial charge in [0.05, 0.1) is 22.8 Å². The summed E-state index contributed by atoms with van der Waals surface area (Å²) in [5, 5.41) is 4.64. The van der Waals surface area contributed by atoms with Gasteiger partial charge in [-0.3, -0.25) is 4.79 Å². The van der Waals surface area contributed by atoms with Crippen LogP contribution in [0.25, 0.3) is 16.9 Å². The minimum atomic E-state index is -3.96. The maximum Gasteiger partial charge on any atom is 0.277 e. The van der Waals surface area contributed by atoms with Crippen molar-refractivity contribution in [1.29, 1.82) is 0 Å². The van der Waals surface area contributed by atoms with E-state index in [0.29, 0.717) is 29.1 Å². The van der Waals surface area contributed by atoms with Gasteiger partial charge < -0.3 is 9.72 Å². The lowest BCUT2D eigenvalue weighted by Crippen LogP contribution is -2.16. The summed E-state index contributed by atoms with van der Waals surface area (Å²) in [6, 6.07) is 4.27. The topological polar surface area (TPSA) is 106 Å². The van der Waals surface area contributed by atoms with E-state index < -0.39 is 9.05 Å². The Kier molecular flexibility index (Phi) is 5.59. The third-order valence-corrected chi connectivity index (χ3v) is 6.72. The number of hydrogen-bond donors (Lipinski definition) is 1. The fourth-order valence-electron chi connectivity index (χ4n) is 3.95. The number of aromatic amines is 1. The monoisotopic (exact) mass is 450 g/mol. The second kappa shape index (κ2) is 8.03. The summed E-state index contributed by atoms with van der Waals surface area (Å²) in [6.07, 6.45) is 5.03. The molecule has 1 fully saturated rings. The molecule has 3 aromatic rings. The van der Waals surface area contributed by atoms with E-state index >= 15 is 0 Å². The van der Waals surface area contributed by atoms with E-state index in [1.165, 1.54) is 18.2 Å². The van der Waals surface area contributed by atoms with Crippen LogP contribution in [-0.2, 0) is 9.05 Å². The van der Waals surface area contributed by atoms with Crippen molar-refractivity contribution in [3.63, 3.8) is 0 Å². The molecule has 160 valence electrons. The molecule has 0 spiro atoms. The highest BCUT2D eigenvalue weighted by Crippen LogP contribution is 2.35. The van der Waals surface area contributed by atoms with Crippen LogP contribution in [0.15, 0.2) is 27.9 Å². The number of H-pyrrole nitrogens is 1. The van der Waals surface area contributed by atoms with Crippen LogP contribution in [0.1, 0.15) is 56.5 Å². The largest absolute Gasteiger partial charge is 0.493 e. The van der Waals surface area contributed by atoms with Crippen molar-refractivity contribution in [3.8, 4) is 17.1 Å². The van der Waals surface area contributed by atoms with Crippen LogP contribution >= 0.6 is 10.7 Å². The van der Waals surface area contributed by atoms with Crippen molar-refractivity contribution in [2.24, 2.45) is 0 Å². The number of nitrogens with one attached hydrogen (secondary N) is 1. The predicted molar refractivity (Wildman–Crippen MR) is 114 cm³/mol. The van der Waals surface area contributed by atoms with Crippen LogP contribution in [0.2, 0.25) is 0 Å². The molecule has 4 rings (SSSR count). The van der Waals surface area contributed by atoms with Gasteiger partial charge in [0.1, 0.15) is 11.6 Å². The molecule has 1 aliphatic rings. The summed E-state index contributed by atoms with van der Waals surface area (Å²) in [4.78, 5) is 20.2. The summed E-state index contributed by atoms with van der Waals surface area (Å²) in [6.45, 7) is 4.19. The van der Waals surface area contributed by atoms with Gasteiger partial charge in [-0.2, -0.15) is 0 Å². The van der Waals surface area contributed by atoms with E-state index in [1.807, 2.05) is 6.92 Å². The smallest absolute Gasteiger partial charge is 0.277 e. The summed E-state index contributed by atoms with van der Waals surface area (Å²) in [5.74, 6) is 1.64. The molecule has 0 unspecified atom stereocenters. The van der Waals surface area contributed by atoms with Gasteiger partial charge in [0, 0.05) is 16.6 Å². The molecular formula is C20H23ClN4O4S. The normalized spacial score (nSPS) is 15.2. The zero-order valence-corrected chi connectivity index (χ0v) is 18.4. The highest BCUT2D eigenvalue weighted by atomic mass is 35.7. The third-order valence-electron chi connectivity index (χ3n) is 5.37. The van der Waals surface area contributed by atoms with Gasteiger partial charge in [0.25, 0.3) is 14.6 Å². The average molecular weight is 451 g/mol. The van der Waals surface area contributed by atoms with E-state index in [2.05, 4.69) is 15.1 Å². The second-order valence-corrected chi connectivity index (χ2v) is 10.1. The Morgan fingerprint density at radius 3 is 2.70 bits per heavy atom. The fourth-order valence-corrected chi connectivity index (χ4v) is 4.72. The molecule has 0 saturated heterocycles. The highest BCUT2D eigenvalue weighted by Gasteiger charge is 2.25. The van der Waals surface area contributed by atoms with Gasteiger partial charge >= 0.3 is 0 Å². The Balaban J connectivity index is 1.94. The molecular weight excluding hydrogens is 428 g/mol. The zero-order chi connectivity index (χ0) is 21.5. The Bertz CT molecular complexity index is 1260. The molecule has 2 heterocycles. The van der Waals surface area contributed by atoms with E-state index in [1.54, 1.807) is 11.4 Å². The van der Waals surface area contributed by atoms with Crippen LogP contribution in [0, 0.1) is 6.92 Å². The van der Waals surface area contributed by atoms with Gasteiger partial charge in [-0.1, -0.05) is 19.8 Å². The van der Waals surface area contributed by atoms with Crippen LogP contribution < -0.4 is 10.3 Å². The van der Waals surface area contributed by atoms with Gasteiger partial charge in [-0.05, 0) is 44.4 Å². The number of benzene rings is 1. The second-order valence-electron chi connectivity index (χ2n) is 7.54. The number of aromatic nitrogens is 4. The number of nitrogens with zero attached hydrogens (tertiary/aromatic N) is 3. The Hall–Kier alpha value is -2.39. The Labute approximate surface area is 178 Å². The molecule has 30 heavy (non-hydrogen) atoms. The van der Waals surface area contributed by atoms with Crippen molar-refractivity contribution in [2.45, 2.75) is 56.8 Å². The maximum absolute atomic E-state index is 12.9. The van der Waals surface area contributed by atoms with E-state index in [0.717, 1.165) is 37.9 Å². The average Bonchev–Trinajstić information content (AvgIpc) is 3.33. The number of halogens is 1. The molecule has 0 aliphatic heterocycles. The molecule has 1 saturated carbocycles. The van der Waals surface area contributed by atoms with Crippen molar-refractivity contribution >= 4 is 25.2 Å². The molecule has 0 bridgehead atoms. The summed E-state index contributed by atoms with van der Waals surface area (Å²) in [7, 11) is 1.58. The molecule has 0 amide bonds. The SMILES string of the molecule is CCCOc1ccc(S(=O)(=O)Cl)cc1-c1nn2c(C3CCCC3)nc(C)c2c(=O)[nH]1. The lowest BCUT2D eigenvalue weighted by Gasteiger charge is -2.13. The first-order chi connectivity index (χ1) is 14.3. The van der Waals surface area contributed by atoms with Crippen LogP contribution in [-0.4, -0.2) is 34.6 Å². The first kappa shape index (κ1) is 20.9. The minimum Gasteiger partial charge on any atom is -0.493 e. The molecule has 8 nitrogen and oxygen atoms in total. The molecule has 1 aromatic carbocycles. The molecule has 1 aliphatic carbocycles. The number of aryl methyl sites for hydroxylation is 1. The molecule has 1 N–H and O–H groups in total. The van der Waals surface area contributed by atoms with Crippen molar-refractivity contribution in [3.05, 3.63) is 40.1 Å². The van der Waals surface area contributed by atoms with Crippen LogP contribution in [0.4, 0.5) is 0 Å². The third kappa shape index (κ3) is 3.83. The lowest BCUT2D eigenvalue weighted by atomic mass is 10.1. The minimum absolute atomic E-state index is 0.0939. The number of fused-ring (bicyclic) bond motifs is 1. The number of imidazole rings is 1. The van der Waals surface area contributed by atoms with Crippen LogP contribution in [0.3, 0.4) is 0 Å². The fraction of sp³-hybridized carbons (Fsp3) is 0.450. The number of ether oxygens (including phenoxy) is 1. The zero-order valence-electron chi connectivity index (χ0n) is 16.8. The summed E-state index contributed by atoms with van der Waals surface area (Å²) >= 11 is 0. The van der Waals surface area contributed by atoms with E-state index in [-0.39, 0.29) is 22.2 Å². The van der Waals surface area contributed by atoms with E-state index in [4.69, 9.17) is 15.4 Å². The molecule has 2 aromatic heterocycles.